The Morgan fingerprint density at radius 1 is 1.39 bits per heavy atom. The Labute approximate surface area is 174 Å². The molecule has 2 aliphatic rings. The summed E-state index contributed by atoms with van der Waals surface area (Å²) in [6.45, 7) is 1.73. The minimum Gasteiger partial charge on any atom is -0.477 e. The number of halogens is 1. The summed E-state index contributed by atoms with van der Waals surface area (Å²) in [5.74, 6) is -3.47. The molecular weight excluding hydrogens is 478 g/mol. The van der Waals surface area contributed by atoms with Gasteiger partial charge in [0.2, 0.25) is 11.5 Å². The maximum Gasteiger partial charge on any atom is 0.353 e. The number of carboxylic acid groups (broad SMARTS) is 1. The van der Waals surface area contributed by atoms with Crippen LogP contribution < -0.4 is 5.32 Å². The van der Waals surface area contributed by atoms with Crippen LogP contribution in [0.15, 0.2) is 10.9 Å². The molecule has 11 nitrogen and oxygen atoms in total. The molecule has 2 atom stereocenters. The highest BCUT2D eigenvalue weighted by Crippen LogP contribution is 2.43. The fourth-order valence-corrected chi connectivity index (χ4v) is 5.14. The summed E-state index contributed by atoms with van der Waals surface area (Å²) in [4.78, 5) is 49.1. The number of aliphatic carboxylic acids is 1. The van der Waals surface area contributed by atoms with Gasteiger partial charge < -0.3 is 15.6 Å². The third-order valence-electron chi connectivity index (χ3n) is 3.94. The molecule has 1 fully saturated rings. The van der Waals surface area contributed by atoms with Crippen molar-refractivity contribution in [2.24, 2.45) is 5.16 Å². The number of rotatable bonds is 6. The van der Waals surface area contributed by atoms with Crippen LogP contribution in [0.25, 0.3) is 5.57 Å². The van der Waals surface area contributed by atoms with Crippen LogP contribution in [-0.2, 0) is 19.2 Å². The standard InChI is InChI=1S/C14H12BrN5O6S2/c1-4-17-18-11(28-4)5-3-27-13-8(12(23)20(13)9(5)14(24)25)16-10(22)7(19-26)6(21)2-15/h8,13,26H,2-3H2,1H3,(H,16,22)(H,24,25)/b19-7-/t8?,13-/m1/s1. The summed E-state index contributed by atoms with van der Waals surface area (Å²) >= 11 is 5.32. The van der Waals surface area contributed by atoms with Crippen LogP contribution in [0.1, 0.15) is 10.0 Å². The number of oxime groups is 1. The van der Waals surface area contributed by atoms with E-state index >= 15 is 0 Å². The minimum absolute atomic E-state index is 0.206. The van der Waals surface area contributed by atoms with E-state index in [0.717, 1.165) is 4.90 Å². The van der Waals surface area contributed by atoms with E-state index < -0.39 is 40.7 Å². The van der Waals surface area contributed by atoms with Gasteiger partial charge in [0.15, 0.2) is 0 Å². The average Bonchev–Trinajstić information content (AvgIpc) is 3.11. The molecule has 0 aliphatic carbocycles. The number of nitrogens with zero attached hydrogens (tertiary/aromatic N) is 4. The highest BCUT2D eigenvalue weighted by Gasteiger charge is 2.55. The maximum atomic E-state index is 12.5. The SMILES string of the molecule is Cc1nnc(C2=C(C(=O)O)N3C(=O)C(NC(=O)/C(=N\O)C(=O)CBr)[C@H]3SC2)s1. The number of carboxylic acids is 1. The highest BCUT2D eigenvalue weighted by atomic mass is 79.9. The fourth-order valence-electron chi connectivity index (χ4n) is 2.70. The lowest BCUT2D eigenvalue weighted by atomic mass is 10.0. The molecule has 1 aromatic heterocycles. The Balaban J connectivity index is 1.85. The first-order valence-electron chi connectivity index (χ1n) is 7.63. The molecule has 0 saturated carbocycles. The average molecular weight is 490 g/mol. The first-order chi connectivity index (χ1) is 13.3. The largest absolute Gasteiger partial charge is 0.477 e. The van der Waals surface area contributed by atoms with Crippen molar-refractivity contribution in [2.75, 3.05) is 11.1 Å². The zero-order valence-corrected chi connectivity index (χ0v) is 17.3. The number of nitrogens with one attached hydrogen (secondary N) is 1. The number of hydrogen-bond donors (Lipinski definition) is 3. The zero-order valence-electron chi connectivity index (χ0n) is 14.1. The van der Waals surface area contributed by atoms with E-state index in [1.165, 1.54) is 23.1 Å². The third kappa shape index (κ3) is 3.42. The van der Waals surface area contributed by atoms with Crippen LogP contribution in [0.2, 0.25) is 0 Å². The summed E-state index contributed by atoms with van der Waals surface area (Å²) in [6, 6.07) is -1.05. The topological polar surface area (TPSA) is 162 Å². The first-order valence-corrected chi connectivity index (χ1v) is 10.6. The number of Topliss-reactive ketones (excluding diaryl/α,β-unsaturated/α-hetero) is 1. The second kappa shape index (κ2) is 7.97. The van der Waals surface area contributed by atoms with Crippen LogP contribution in [0.5, 0.6) is 0 Å². The van der Waals surface area contributed by atoms with Gasteiger partial charge in [0.25, 0.3) is 11.8 Å². The summed E-state index contributed by atoms with van der Waals surface area (Å²) in [6.07, 6.45) is 0. The third-order valence-corrected chi connectivity index (χ3v) is 6.63. The van der Waals surface area contributed by atoms with Crippen molar-refractivity contribution in [3.05, 3.63) is 15.7 Å². The minimum atomic E-state index is -1.29. The van der Waals surface area contributed by atoms with E-state index in [2.05, 4.69) is 36.6 Å². The normalized spacial score (nSPS) is 21.9. The number of aromatic nitrogens is 2. The molecule has 0 aromatic carbocycles. The van der Waals surface area contributed by atoms with Crippen molar-refractivity contribution in [3.8, 4) is 0 Å². The molecule has 1 unspecified atom stereocenters. The Hall–Kier alpha value is -2.32. The van der Waals surface area contributed by atoms with Crippen molar-refractivity contribution >= 4 is 73.9 Å². The van der Waals surface area contributed by atoms with Crippen molar-refractivity contribution < 1.29 is 29.5 Å². The van der Waals surface area contributed by atoms with Gasteiger partial charge in [-0.2, -0.15) is 0 Å². The molecule has 3 N–H and O–H groups in total. The lowest BCUT2D eigenvalue weighted by molar-refractivity contribution is -0.149. The maximum absolute atomic E-state index is 12.5. The van der Waals surface area contributed by atoms with Crippen LogP contribution in [0.4, 0.5) is 0 Å². The van der Waals surface area contributed by atoms with Gasteiger partial charge in [-0.25, -0.2) is 4.79 Å². The van der Waals surface area contributed by atoms with Crippen LogP contribution in [0.3, 0.4) is 0 Å². The molecular formula is C14H12BrN5O6S2. The predicted octanol–water partition coefficient (Wildman–Crippen LogP) is -0.164. The summed E-state index contributed by atoms with van der Waals surface area (Å²) in [7, 11) is 0. The number of fused-ring (bicyclic) bond motifs is 1. The van der Waals surface area contributed by atoms with E-state index in [4.69, 9.17) is 5.21 Å². The zero-order chi connectivity index (χ0) is 20.6. The number of amides is 2. The highest BCUT2D eigenvalue weighted by molar-refractivity contribution is 9.09. The summed E-state index contributed by atoms with van der Waals surface area (Å²) in [5, 5.41) is 31.5. The molecule has 0 radical (unpaired) electrons. The number of thioether (sulfide) groups is 1. The van der Waals surface area contributed by atoms with Gasteiger partial charge in [-0.15, -0.1) is 22.0 Å². The smallest absolute Gasteiger partial charge is 0.353 e. The number of aryl methyl sites for hydroxylation is 1. The first kappa shape index (κ1) is 20.4. The van der Waals surface area contributed by atoms with Crippen LogP contribution >= 0.6 is 39.0 Å². The van der Waals surface area contributed by atoms with Gasteiger partial charge in [0.1, 0.15) is 27.1 Å². The Bertz CT molecular complexity index is 944. The van der Waals surface area contributed by atoms with Crippen molar-refractivity contribution in [1.29, 1.82) is 0 Å². The van der Waals surface area contributed by atoms with E-state index in [1.807, 2.05) is 0 Å². The fraction of sp³-hybridized carbons (Fsp3) is 0.357. The second-order valence-corrected chi connectivity index (χ2v) is 8.47. The van der Waals surface area contributed by atoms with Crippen LogP contribution in [-0.4, -0.2) is 77.2 Å². The van der Waals surface area contributed by atoms with E-state index in [1.54, 1.807) is 6.92 Å². The summed E-state index contributed by atoms with van der Waals surface area (Å²) < 4.78 is 0. The van der Waals surface area contributed by atoms with Crippen molar-refractivity contribution in [2.45, 2.75) is 18.3 Å². The predicted molar refractivity (Wildman–Crippen MR) is 102 cm³/mol. The molecule has 2 aliphatic heterocycles. The Kier molecular flexibility index (Phi) is 5.81. The van der Waals surface area contributed by atoms with Crippen molar-refractivity contribution in [1.82, 2.24) is 20.4 Å². The lowest BCUT2D eigenvalue weighted by Gasteiger charge is -2.49. The monoisotopic (exact) mass is 489 g/mol. The molecule has 1 saturated heterocycles. The lowest BCUT2D eigenvalue weighted by Crippen LogP contribution is -2.71. The van der Waals surface area contributed by atoms with Gasteiger partial charge in [0.05, 0.1) is 5.33 Å². The molecule has 1 aromatic rings. The molecule has 14 heteroatoms. The van der Waals surface area contributed by atoms with Gasteiger partial charge >= 0.3 is 5.97 Å². The second-order valence-electron chi connectivity index (χ2n) is 5.62. The van der Waals surface area contributed by atoms with Gasteiger partial charge in [-0.3, -0.25) is 19.3 Å². The number of carbonyl (C=O) groups excluding carboxylic acids is 3. The molecule has 0 spiro atoms. The van der Waals surface area contributed by atoms with Gasteiger partial charge in [-0.05, 0) is 6.92 Å². The Morgan fingerprint density at radius 2 is 2.11 bits per heavy atom. The van der Waals surface area contributed by atoms with E-state index in [-0.39, 0.29) is 16.8 Å². The number of ketones is 1. The van der Waals surface area contributed by atoms with Crippen molar-refractivity contribution in [3.63, 3.8) is 0 Å². The molecule has 2 amide bonds. The summed E-state index contributed by atoms with van der Waals surface area (Å²) in [5.41, 5.74) is -0.574. The van der Waals surface area contributed by atoms with Gasteiger partial charge in [0, 0.05) is 11.3 Å². The van der Waals surface area contributed by atoms with Gasteiger partial charge in [-0.1, -0.05) is 32.4 Å². The van der Waals surface area contributed by atoms with Crippen LogP contribution in [0, 0.1) is 6.92 Å². The quantitative estimate of drug-likeness (QED) is 0.123. The number of hydrogen-bond acceptors (Lipinski definition) is 10. The number of β-lactam (4-membered cyclic amide) rings is 1. The molecule has 28 heavy (non-hydrogen) atoms. The molecule has 3 heterocycles. The van der Waals surface area contributed by atoms with E-state index in [0.29, 0.717) is 15.6 Å². The Morgan fingerprint density at radius 3 is 2.64 bits per heavy atom. The number of carbonyl (C=O) groups is 4. The molecule has 148 valence electrons. The van der Waals surface area contributed by atoms with E-state index in [9.17, 15) is 24.3 Å². The molecule has 0 bridgehead atoms. The number of alkyl halides is 1. The molecule has 3 rings (SSSR count).